The van der Waals surface area contributed by atoms with E-state index in [9.17, 15) is 13.2 Å². The Morgan fingerprint density at radius 3 is 1.81 bits per heavy atom. The van der Waals surface area contributed by atoms with Gasteiger partial charge in [-0.1, -0.05) is 70.4 Å². The van der Waals surface area contributed by atoms with Gasteiger partial charge in [-0.05, 0) is 39.0 Å². The highest BCUT2D eigenvalue weighted by Gasteiger charge is 2.25. The molecule has 0 heterocycles. The predicted molar refractivity (Wildman–Crippen MR) is 113 cm³/mol. The predicted octanol–water partition coefficient (Wildman–Crippen LogP) is 5.72. The molecule has 0 aliphatic rings. The largest absolute Gasteiger partial charge is 0.327 e. The van der Waals surface area contributed by atoms with E-state index >= 15 is 0 Å². The van der Waals surface area contributed by atoms with Crippen molar-refractivity contribution in [2.24, 2.45) is 0 Å². The molecule has 0 saturated heterocycles. The molecule has 0 fully saturated rings. The van der Waals surface area contributed by atoms with E-state index in [-0.39, 0.29) is 5.91 Å². The van der Waals surface area contributed by atoms with Crippen molar-refractivity contribution in [1.29, 1.82) is 0 Å². The lowest BCUT2D eigenvalue weighted by atomic mass is 10.1. The zero-order valence-corrected chi connectivity index (χ0v) is 18.5. The van der Waals surface area contributed by atoms with E-state index in [0.29, 0.717) is 6.42 Å². The monoisotopic (exact) mass is 403 g/mol. The number of amides is 1. The summed E-state index contributed by atoms with van der Waals surface area (Å²) in [6.07, 6.45) is 20.5. The van der Waals surface area contributed by atoms with Crippen LogP contribution in [0.4, 0.5) is 0 Å². The molecule has 0 radical (unpaired) electrons. The highest BCUT2D eigenvalue weighted by Crippen LogP contribution is 2.12. The van der Waals surface area contributed by atoms with Crippen molar-refractivity contribution >= 4 is 16.0 Å². The minimum absolute atomic E-state index is 0.238. The third kappa shape index (κ3) is 14.8. The van der Waals surface area contributed by atoms with E-state index in [0.717, 1.165) is 37.0 Å². The fourth-order valence-corrected chi connectivity index (χ4v) is 3.44. The molecule has 1 N–H and O–H groups in total. The lowest BCUT2D eigenvalue weighted by Gasteiger charge is -2.22. The van der Waals surface area contributed by atoms with E-state index in [1.807, 2.05) is 0 Å². The van der Waals surface area contributed by atoms with Gasteiger partial charge in [0, 0.05) is 13.5 Å². The van der Waals surface area contributed by atoms with Gasteiger partial charge in [-0.3, -0.25) is 9.35 Å². The summed E-state index contributed by atoms with van der Waals surface area (Å²) in [5, 5.41) is -1.19. The van der Waals surface area contributed by atoms with Crippen molar-refractivity contribution in [3.63, 3.8) is 0 Å². The first-order valence-corrected chi connectivity index (χ1v) is 12.2. The van der Waals surface area contributed by atoms with Crippen molar-refractivity contribution in [3.8, 4) is 0 Å². The lowest BCUT2D eigenvalue weighted by Crippen LogP contribution is -2.39. The maximum Gasteiger partial charge on any atom is 0.286 e. The second kappa shape index (κ2) is 16.1. The molecule has 0 rings (SSSR count). The zero-order valence-electron chi connectivity index (χ0n) is 17.7. The van der Waals surface area contributed by atoms with Gasteiger partial charge in [0.1, 0.15) is 0 Å². The maximum atomic E-state index is 11.9. The molecule has 0 bridgehead atoms. The molecule has 0 saturated carbocycles. The molecule has 1 amide bonds. The molecule has 5 nitrogen and oxygen atoms in total. The van der Waals surface area contributed by atoms with Gasteiger partial charge in [-0.25, -0.2) is 0 Å². The fourth-order valence-electron chi connectivity index (χ4n) is 2.93. The third-order valence-corrected chi connectivity index (χ3v) is 6.20. The Labute approximate surface area is 167 Å². The highest BCUT2D eigenvalue weighted by molar-refractivity contribution is 7.86. The molecule has 0 aliphatic carbocycles. The van der Waals surface area contributed by atoms with Gasteiger partial charge in [-0.15, -0.1) is 0 Å². The Morgan fingerprint density at radius 1 is 0.889 bits per heavy atom. The lowest BCUT2D eigenvalue weighted by molar-refractivity contribution is -0.130. The van der Waals surface area contributed by atoms with Gasteiger partial charge in [0.05, 0.1) is 0 Å². The number of nitrogens with zero attached hydrogens (tertiary/aromatic N) is 1. The van der Waals surface area contributed by atoms with Gasteiger partial charge >= 0.3 is 0 Å². The van der Waals surface area contributed by atoms with Crippen LogP contribution in [0.2, 0.25) is 0 Å². The summed E-state index contributed by atoms with van der Waals surface area (Å²) in [5.41, 5.74) is 0. The van der Waals surface area contributed by atoms with E-state index in [4.69, 9.17) is 4.55 Å². The van der Waals surface area contributed by atoms with E-state index in [1.54, 1.807) is 0 Å². The van der Waals surface area contributed by atoms with Crippen LogP contribution >= 0.6 is 0 Å². The minimum atomic E-state index is -4.21. The Hall–Kier alpha value is -0.880. The minimum Gasteiger partial charge on any atom is -0.327 e. The van der Waals surface area contributed by atoms with E-state index < -0.39 is 15.5 Å². The normalized spacial score (nSPS) is 13.2. The first-order valence-electron chi connectivity index (χ1n) is 10.7. The number of hydrogen-bond donors (Lipinski definition) is 1. The van der Waals surface area contributed by atoms with Crippen molar-refractivity contribution in [2.45, 2.75) is 109 Å². The molecule has 0 aliphatic heterocycles. The number of carbonyl (C=O) groups is 1. The highest BCUT2D eigenvalue weighted by atomic mass is 32.2. The van der Waals surface area contributed by atoms with Crippen LogP contribution in [0.5, 0.6) is 0 Å². The Bertz CT molecular complexity index is 502. The molecule has 0 aromatic carbocycles. The second-order valence-electron chi connectivity index (χ2n) is 7.45. The zero-order chi connectivity index (χ0) is 20.5. The summed E-state index contributed by atoms with van der Waals surface area (Å²) in [4.78, 5) is 13.0. The molecule has 27 heavy (non-hydrogen) atoms. The van der Waals surface area contributed by atoms with Crippen LogP contribution in [0.1, 0.15) is 104 Å². The second-order valence-corrected chi connectivity index (χ2v) is 9.17. The van der Waals surface area contributed by atoms with Gasteiger partial charge in [-0.2, -0.15) is 8.42 Å². The average molecular weight is 404 g/mol. The van der Waals surface area contributed by atoms with E-state index in [2.05, 4.69) is 19.1 Å². The Kier molecular flexibility index (Phi) is 15.6. The van der Waals surface area contributed by atoms with Gasteiger partial charge in [0.25, 0.3) is 10.1 Å². The molecule has 1 atom stereocenters. The number of allylic oxidation sites excluding steroid dienone is 2. The van der Waals surface area contributed by atoms with Crippen LogP contribution in [-0.2, 0) is 14.9 Å². The maximum absolute atomic E-state index is 11.9. The first kappa shape index (κ1) is 26.1. The molecule has 1 unspecified atom stereocenters. The number of hydrogen-bond acceptors (Lipinski definition) is 3. The van der Waals surface area contributed by atoms with Crippen LogP contribution in [0.15, 0.2) is 12.2 Å². The van der Waals surface area contributed by atoms with Gasteiger partial charge in [0.15, 0.2) is 5.37 Å². The number of carbonyl (C=O) groups excluding carboxylic acids is 1. The molecule has 0 aromatic rings. The fraction of sp³-hybridized carbons (Fsp3) is 0.857. The van der Waals surface area contributed by atoms with Crippen LogP contribution in [0, 0.1) is 0 Å². The standard InChI is InChI=1S/C21H41NO4S/c1-4-5-6-7-8-9-10-11-12-13-14-15-16-17-18-19-21(23)22(3)20(2)27(24,25)26/h11-12,20H,4-10,13-19H2,1-3H3,(H,24,25,26). The molecule has 0 spiro atoms. The summed E-state index contributed by atoms with van der Waals surface area (Å²) >= 11 is 0. The van der Waals surface area contributed by atoms with Crippen LogP contribution in [0.25, 0.3) is 0 Å². The summed E-state index contributed by atoms with van der Waals surface area (Å²) < 4.78 is 31.1. The van der Waals surface area contributed by atoms with Crippen molar-refractivity contribution in [1.82, 2.24) is 4.90 Å². The summed E-state index contributed by atoms with van der Waals surface area (Å²) in [6.45, 7) is 3.56. The SMILES string of the molecule is CCCCCCCCC=CCCCCCCCC(=O)N(C)C(C)S(=O)(=O)O. The van der Waals surface area contributed by atoms with Crippen molar-refractivity contribution in [2.75, 3.05) is 7.05 Å². The van der Waals surface area contributed by atoms with E-state index in [1.165, 1.54) is 65.3 Å². The Balaban J connectivity index is 3.52. The molecule has 160 valence electrons. The van der Waals surface area contributed by atoms with Crippen molar-refractivity contribution in [3.05, 3.63) is 12.2 Å². The molecular weight excluding hydrogens is 362 g/mol. The molecule has 6 heteroatoms. The smallest absolute Gasteiger partial charge is 0.286 e. The average Bonchev–Trinajstić information content (AvgIpc) is 2.62. The summed E-state index contributed by atoms with van der Waals surface area (Å²) in [5.74, 6) is -0.238. The van der Waals surface area contributed by atoms with Crippen molar-refractivity contribution < 1.29 is 17.8 Å². The molecular formula is C21H41NO4S. The van der Waals surface area contributed by atoms with Crippen LogP contribution < -0.4 is 0 Å². The quantitative estimate of drug-likeness (QED) is 0.191. The third-order valence-electron chi connectivity index (χ3n) is 5.02. The molecule has 0 aromatic heterocycles. The first-order chi connectivity index (χ1) is 12.8. The van der Waals surface area contributed by atoms with Crippen LogP contribution in [0.3, 0.4) is 0 Å². The Morgan fingerprint density at radius 2 is 1.33 bits per heavy atom. The number of unbranched alkanes of at least 4 members (excludes halogenated alkanes) is 11. The summed E-state index contributed by atoms with van der Waals surface area (Å²) in [7, 11) is -2.79. The topological polar surface area (TPSA) is 74.7 Å². The number of rotatable bonds is 17. The van der Waals surface area contributed by atoms with Crippen LogP contribution in [-0.4, -0.2) is 36.2 Å². The summed E-state index contributed by atoms with van der Waals surface area (Å²) in [6, 6.07) is 0. The van der Waals surface area contributed by atoms with Gasteiger partial charge in [0.2, 0.25) is 5.91 Å². The van der Waals surface area contributed by atoms with Gasteiger partial charge < -0.3 is 4.90 Å².